The molecule has 0 N–H and O–H groups in total. The van der Waals surface area contributed by atoms with Crippen molar-refractivity contribution in [2.75, 3.05) is 13.1 Å². The summed E-state index contributed by atoms with van der Waals surface area (Å²) in [6, 6.07) is 14.6. The molecule has 0 radical (unpaired) electrons. The molecule has 3 rings (SSSR count). The van der Waals surface area contributed by atoms with Crippen LogP contribution in [0.2, 0.25) is 0 Å². The lowest BCUT2D eigenvalue weighted by atomic mass is 9.96. The normalized spacial score (nSPS) is 18.2. The lowest BCUT2D eigenvalue weighted by Gasteiger charge is -2.33. The van der Waals surface area contributed by atoms with Gasteiger partial charge in [-0.3, -0.25) is 4.79 Å². The number of benzene rings is 2. The van der Waals surface area contributed by atoms with Gasteiger partial charge in [-0.1, -0.05) is 46.3 Å². The molecule has 25 heavy (non-hydrogen) atoms. The van der Waals surface area contributed by atoms with Crippen molar-refractivity contribution in [3.8, 4) is 11.1 Å². The lowest BCUT2D eigenvalue weighted by molar-refractivity contribution is -0.184. The van der Waals surface area contributed by atoms with Crippen LogP contribution in [-0.2, 0) is 0 Å². The number of amides is 1. The van der Waals surface area contributed by atoms with Crippen LogP contribution in [0.15, 0.2) is 53.0 Å². The van der Waals surface area contributed by atoms with Crippen LogP contribution in [0.25, 0.3) is 11.1 Å². The zero-order valence-electron chi connectivity index (χ0n) is 13.4. The number of carbonyl (C=O) groups is 1. The first-order valence-corrected chi connectivity index (χ1v) is 8.86. The first-order valence-electron chi connectivity index (χ1n) is 8.07. The van der Waals surface area contributed by atoms with E-state index in [4.69, 9.17) is 0 Å². The van der Waals surface area contributed by atoms with Crippen LogP contribution in [0.3, 0.4) is 0 Å². The second-order valence-electron chi connectivity index (χ2n) is 6.19. The number of hydrogen-bond donors (Lipinski definition) is 0. The van der Waals surface area contributed by atoms with Crippen molar-refractivity contribution >= 4 is 21.8 Å². The molecule has 1 aliphatic rings. The molecule has 2 aromatic rings. The minimum Gasteiger partial charge on any atom is -0.338 e. The Morgan fingerprint density at radius 3 is 2.60 bits per heavy atom. The Kier molecular flexibility index (Phi) is 5.18. The molecule has 0 spiro atoms. The third kappa shape index (κ3) is 4.06. The highest BCUT2D eigenvalue weighted by molar-refractivity contribution is 9.10. The summed E-state index contributed by atoms with van der Waals surface area (Å²) in [5.41, 5.74) is 2.20. The van der Waals surface area contributed by atoms with Crippen LogP contribution in [-0.4, -0.2) is 30.1 Å². The van der Waals surface area contributed by atoms with Crippen molar-refractivity contribution in [2.24, 2.45) is 5.92 Å². The molecule has 1 atom stereocenters. The second kappa shape index (κ2) is 7.20. The van der Waals surface area contributed by atoms with E-state index in [1.54, 1.807) is 18.2 Å². The van der Waals surface area contributed by atoms with Gasteiger partial charge in [-0.15, -0.1) is 0 Å². The van der Waals surface area contributed by atoms with Crippen molar-refractivity contribution in [2.45, 2.75) is 19.0 Å². The molecule has 0 saturated carbocycles. The zero-order valence-corrected chi connectivity index (χ0v) is 15.0. The maximum atomic E-state index is 13.0. The molecule has 6 heteroatoms. The van der Waals surface area contributed by atoms with E-state index in [2.05, 4.69) is 15.9 Å². The summed E-state index contributed by atoms with van der Waals surface area (Å²) in [6.07, 6.45) is -3.79. The molecule has 0 aromatic heterocycles. The zero-order chi connectivity index (χ0) is 18.0. The monoisotopic (exact) mass is 411 g/mol. The minimum atomic E-state index is -4.25. The van der Waals surface area contributed by atoms with E-state index in [9.17, 15) is 18.0 Å². The first-order chi connectivity index (χ1) is 11.9. The van der Waals surface area contributed by atoms with E-state index >= 15 is 0 Å². The molecule has 0 bridgehead atoms. The first kappa shape index (κ1) is 18.0. The largest absolute Gasteiger partial charge is 0.393 e. The molecule has 1 aliphatic heterocycles. The SMILES string of the molecule is O=C(c1cccc(-c2ccccc2Br)c1)N1CCCC(C(F)(F)F)C1. The minimum absolute atomic E-state index is 0.0876. The van der Waals surface area contributed by atoms with Gasteiger partial charge in [-0.25, -0.2) is 0 Å². The molecule has 1 heterocycles. The molecule has 1 fully saturated rings. The molecule has 0 aliphatic carbocycles. The number of carbonyl (C=O) groups excluding carboxylic acids is 1. The van der Waals surface area contributed by atoms with Gasteiger partial charge in [0.1, 0.15) is 0 Å². The molecule has 132 valence electrons. The van der Waals surface area contributed by atoms with Crippen molar-refractivity contribution in [1.82, 2.24) is 4.90 Å². The molecule has 1 saturated heterocycles. The van der Waals surface area contributed by atoms with Crippen molar-refractivity contribution in [1.29, 1.82) is 0 Å². The van der Waals surface area contributed by atoms with Crippen LogP contribution in [0, 0.1) is 5.92 Å². The number of piperidine rings is 1. The Labute approximate surface area is 152 Å². The van der Waals surface area contributed by atoms with E-state index in [0.29, 0.717) is 18.5 Å². The Morgan fingerprint density at radius 1 is 1.12 bits per heavy atom. The van der Waals surface area contributed by atoms with E-state index < -0.39 is 12.1 Å². The molecular formula is C19H17BrF3NO. The second-order valence-corrected chi connectivity index (χ2v) is 7.05. The van der Waals surface area contributed by atoms with Crippen LogP contribution in [0.4, 0.5) is 13.2 Å². The standard InChI is InChI=1S/C19H17BrF3NO/c20-17-9-2-1-8-16(17)13-5-3-6-14(11-13)18(25)24-10-4-7-15(12-24)19(21,22)23/h1-3,5-6,8-9,11,15H,4,7,10,12H2. The Bertz CT molecular complexity index is 775. The van der Waals surface area contributed by atoms with Gasteiger partial charge in [0.2, 0.25) is 0 Å². The van der Waals surface area contributed by atoms with Crippen LogP contribution >= 0.6 is 15.9 Å². The topological polar surface area (TPSA) is 20.3 Å². The smallest absolute Gasteiger partial charge is 0.338 e. The summed E-state index contributed by atoms with van der Waals surface area (Å²) >= 11 is 3.48. The molecular weight excluding hydrogens is 395 g/mol. The lowest BCUT2D eigenvalue weighted by Crippen LogP contribution is -2.44. The van der Waals surface area contributed by atoms with Gasteiger partial charge in [-0.05, 0) is 42.2 Å². The Hall–Kier alpha value is -1.82. The quantitative estimate of drug-likeness (QED) is 0.635. The van der Waals surface area contributed by atoms with E-state index in [1.807, 2.05) is 30.3 Å². The average molecular weight is 412 g/mol. The average Bonchev–Trinajstić information content (AvgIpc) is 2.61. The van der Waals surface area contributed by atoms with Crippen LogP contribution in [0.1, 0.15) is 23.2 Å². The van der Waals surface area contributed by atoms with Gasteiger partial charge in [0, 0.05) is 23.1 Å². The third-order valence-corrected chi connectivity index (χ3v) is 5.16. The summed E-state index contributed by atoms with van der Waals surface area (Å²) in [4.78, 5) is 14.0. The van der Waals surface area contributed by atoms with Gasteiger partial charge in [0.05, 0.1) is 5.92 Å². The summed E-state index contributed by atoms with van der Waals surface area (Å²) < 4.78 is 39.8. The highest BCUT2D eigenvalue weighted by Gasteiger charge is 2.42. The van der Waals surface area contributed by atoms with E-state index in [0.717, 1.165) is 15.6 Å². The van der Waals surface area contributed by atoms with Crippen LogP contribution < -0.4 is 0 Å². The predicted molar refractivity (Wildman–Crippen MR) is 94.3 cm³/mol. The van der Waals surface area contributed by atoms with Crippen molar-refractivity contribution in [3.05, 3.63) is 58.6 Å². The maximum absolute atomic E-state index is 13.0. The fourth-order valence-corrected chi connectivity index (χ4v) is 3.64. The number of likely N-dealkylation sites (tertiary alicyclic amines) is 1. The fraction of sp³-hybridized carbons (Fsp3) is 0.316. The predicted octanol–water partition coefficient (Wildman–Crippen LogP) is 5.53. The van der Waals surface area contributed by atoms with Gasteiger partial charge < -0.3 is 4.90 Å². The van der Waals surface area contributed by atoms with E-state index in [1.165, 1.54) is 4.90 Å². The summed E-state index contributed by atoms with van der Waals surface area (Å²) in [5, 5.41) is 0. The summed E-state index contributed by atoms with van der Waals surface area (Å²) in [7, 11) is 0. The molecule has 1 amide bonds. The van der Waals surface area contributed by atoms with Gasteiger partial charge in [-0.2, -0.15) is 13.2 Å². The van der Waals surface area contributed by atoms with E-state index in [-0.39, 0.29) is 18.9 Å². The number of halogens is 4. The Morgan fingerprint density at radius 2 is 1.88 bits per heavy atom. The highest BCUT2D eigenvalue weighted by Crippen LogP contribution is 2.34. The maximum Gasteiger partial charge on any atom is 0.393 e. The van der Waals surface area contributed by atoms with Crippen LogP contribution in [0.5, 0.6) is 0 Å². The van der Waals surface area contributed by atoms with Gasteiger partial charge in [0.25, 0.3) is 5.91 Å². The number of rotatable bonds is 2. The highest BCUT2D eigenvalue weighted by atomic mass is 79.9. The fourth-order valence-electron chi connectivity index (χ4n) is 3.13. The molecule has 2 aromatic carbocycles. The number of hydrogen-bond acceptors (Lipinski definition) is 1. The molecule has 2 nitrogen and oxygen atoms in total. The van der Waals surface area contributed by atoms with Crippen molar-refractivity contribution < 1.29 is 18.0 Å². The number of nitrogens with zero attached hydrogens (tertiary/aromatic N) is 1. The molecule has 1 unspecified atom stereocenters. The Balaban J connectivity index is 1.84. The van der Waals surface area contributed by atoms with Gasteiger partial charge in [0.15, 0.2) is 0 Å². The summed E-state index contributed by atoms with van der Waals surface area (Å²) in [6.45, 7) is 0.103. The van der Waals surface area contributed by atoms with Crippen molar-refractivity contribution in [3.63, 3.8) is 0 Å². The van der Waals surface area contributed by atoms with Gasteiger partial charge >= 0.3 is 6.18 Å². The number of alkyl halides is 3. The third-order valence-electron chi connectivity index (χ3n) is 4.47. The summed E-state index contributed by atoms with van der Waals surface area (Å²) in [5.74, 6) is -1.78.